The Hall–Kier alpha value is -2.75. The molecule has 2 aliphatic heterocycles. The molecule has 0 radical (unpaired) electrons. The molecule has 1 saturated heterocycles. The number of thiazole rings is 1. The topological polar surface area (TPSA) is 257 Å². The van der Waals surface area contributed by atoms with Gasteiger partial charge >= 0.3 is 35.5 Å². The molecule has 17 nitrogen and oxygen atoms in total. The molecule has 3 atom stereocenters. The number of anilines is 1. The Morgan fingerprint density at radius 3 is 2.78 bits per heavy atom. The van der Waals surface area contributed by atoms with Gasteiger partial charge in [0, 0.05) is 23.4 Å². The maximum Gasteiger partial charge on any atom is 1.00 e. The molecule has 1 fully saturated rings. The minimum absolute atomic E-state index is 0. The maximum atomic E-state index is 13.2. The molecule has 4 heterocycles. The number of β-lactam (4-membered cyclic amide) rings is 1. The molecule has 0 saturated carbocycles. The van der Waals surface area contributed by atoms with E-state index in [-0.39, 0.29) is 75.0 Å². The average Bonchev–Trinajstić information content (AvgIpc) is 3.55. The van der Waals surface area contributed by atoms with Crippen molar-refractivity contribution in [3.8, 4) is 0 Å². The maximum absolute atomic E-state index is 13.2. The van der Waals surface area contributed by atoms with Crippen LogP contribution >= 0.6 is 34.9 Å². The summed E-state index contributed by atoms with van der Waals surface area (Å²) in [6, 6.07) is -1.05. The molecule has 0 spiro atoms. The molecule has 2 aliphatic rings. The van der Waals surface area contributed by atoms with Crippen LogP contribution in [0.2, 0.25) is 0 Å². The van der Waals surface area contributed by atoms with Crippen LogP contribution in [0.1, 0.15) is 19.0 Å². The number of fused-ring (bicyclic) bond motifs is 1. The number of carbonyl (C=O) groups excluding carboxylic acids is 3. The van der Waals surface area contributed by atoms with Crippen LogP contribution in [0, 0.1) is 0 Å². The Kier molecular flexibility index (Phi) is 11.5. The van der Waals surface area contributed by atoms with Gasteiger partial charge in [0.15, 0.2) is 10.8 Å². The minimum atomic E-state index is -1.56. The number of tetrazole rings is 1. The number of amides is 2. The third kappa shape index (κ3) is 7.37. The minimum Gasteiger partial charge on any atom is -0.543 e. The first-order valence-corrected chi connectivity index (χ1v) is 14.5. The summed E-state index contributed by atoms with van der Waals surface area (Å²) in [4.78, 5) is 59.8. The molecule has 4 rings (SSSR count). The van der Waals surface area contributed by atoms with Crippen molar-refractivity contribution in [3.63, 3.8) is 0 Å². The van der Waals surface area contributed by atoms with Crippen LogP contribution in [-0.4, -0.2) is 100 Å². The number of nitrogens with zero attached hydrogens (tertiary/aromatic N) is 7. The van der Waals surface area contributed by atoms with Crippen molar-refractivity contribution < 1.29 is 63.8 Å². The molecule has 2 unspecified atom stereocenters. The van der Waals surface area contributed by atoms with Gasteiger partial charge in [0.2, 0.25) is 5.16 Å². The zero-order valence-electron chi connectivity index (χ0n) is 21.8. The molecule has 2 aromatic rings. The van der Waals surface area contributed by atoms with E-state index in [2.05, 4.69) is 31.0 Å². The zero-order valence-corrected chi connectivity index (χ0v) is 26.2. The number of aliphatic carboxylic acids is 2. The molecular formula is C20H23N10NaO7S3. The van der Waals surface area contributed by atoms with Gasteiger partial charge in [-0.15, -0.1) is 28.2 Å². The quantitative estimate of drug-likeness (QED) is 0.0527. The zero-order chi connectivity index (χ0) is 29.0. The van der Waals surface area contributed by atoms with Gasteiger partial charge in [-0.25, -0.2) is 9.67 Å². The summed E-state index contributed by atoms with van der Waals surface area (Å²) in [6.07, 6.45) is 0.0883. The summed E-state index contributed by atoms with van der Waals surface area (Å²) < 4.78 is 1.06. The van der Waals surface area contributed by atoms with Crippen LogP contribution in [-0.2, 0) is 30.6 Å². The molecule has 6 N–H and O–H groups in total. The van der Waals surface area contributed by atoms with Crippen LogP contribution in [0.5, 0.6) is 0 Å². The summed E-state index contributed by atoms with van der Waals surface area (Å²) in [5.74, 6) is -3.88. The first-order valence-electron chi connectivity index (χ1n) is 11.6. The fourth-order valence-electron chi connectivity index (χ4n) is 3.68. The monoisotopic (exact) mass is 634 g/mol. The van der Waals surface area contributed by atoms with Gasteiger partial charge in [0.1, 0.15) is 29.8 Å². The van der Waals surface area contributed by atoms with E-state index in [1.54, 1.807) is 0 Å². The number of thioether (sulfide) groups is 2. The van der Waals surface area contributed by atoms with Crippen molar-refractivity contribution in [1.82, 2.24) is 35.4 Å². The Morgan fingerprint density at radius 2 is 2.17 bits per heavy atom. The molecular weight excluding hydrogens is 611 g/mol. The van der Waals surface area contributed by atoms with Crippen molar-refractivity contribution in [2.45, 2.75) is 42.6 Å². The number of carbonyl (C=O) groups is 4. The Balaban J connectivity index is 0.00000462. The van der Waals surface area contributed by atoms with E-state index in [1.807, 2.05) is 6.92 Å². The smallest absolute Gasteiger partial charge is 0.543 e. The summed E-state index contributed by atoms with van der Waals surface area (Å²) in [5.41, 5.74) is 11.3. The van der Waals surface area contributed by atoms with E-state index in [9.17, 15) is 24.3 Å². The number of aromatic nitrogens is 5. The number of carboxylic acids is 2. The van der Waals surface area contributed by atoms with Crippen molar-refractivity contribution in [3.05, 3.63) is 22.3 Å². The number of nitrogen functional groups attached to an aromatic ring is 1. The van der Waals surface area contributed by atoms with Crippen LogP contribution in [0.25, 0.3) is 0 Å². The van der Waals surface area contributed by atoms with Gasteiger partial charge in [-0.1, -0.05) is 23.8 Å². The van der Waals surface area contributed by atoms with Crippen molar-refractivity contribution >= 4 is 69.5 Å². The Labute approximate surface area is 266 Å². The second kappa shape index (κ2) is 14.4. The van der Waals surface area contributed by atoms with Crippen LogP contribution < -0.4 is 51.4 Å². The van der Waals surface area contributed by atoms with Crippen molar-refractivity contribution in [2.75, 3.05) is 23.8 Å². The number of carboxylic acid groups (broad SMARTS) is 2. The summed E-state index contributed by atoms with van der Waals surface area (Å²) in [7, 11) is 0. The third-order valence-electron chi connectivity index (χ3n) is 5.68. The van der Waals surface area contributed by atoms with Crippen LogP contribution in [0.4, 0.5) is 5.13 Å². The van der Waals surface area contributed by atoms with Crippen LogP contribution in [0.3, 0.4) is 0 Å². The predicted octanol–water partition coefficient (Wildman–Crippen LogP) is -5.55. The van der Waals surface area contributed by atoms with E-state index in [1.165, 1.54) is 17.1 Å². The first kappa shape index (κ1) is 32.8. The standard InChI is InChI=1S/C20H24N10O7S3.Na/c1-2-9(3-21)37-26-12(10-7-39-19(22)23-10)15(33)24-13-16(34)30-14(18(35)36)8(5-38-17(13)30)6-40-20-25-27-28-29(20)4-11(31)32;/h7,9,13,17H,2-6,21H2,1H3,(H2,22,23)(H,24,33)(H,31,32)(H,35,36);/q;+1/p-1/t9?,13?,17-;/m0./s1. The molecule has 2 amide bonds. The molecule has 21 heteroatoms. The first-order chi connectivity index (χ1) is 19.1. The molecule has 0 aromatic carbocycles. The van der Waals surface area contributed by atoms with E-state index in [0.29, 0.717) is 12.0 Å². The van der Waals surface area contributed by atoms with E-state index >= 15 is 0 Å². The van der Waals surface area contributed by atoms with Gasteiger partial charge in [-0.05, 0) is 22.4 Å². The van der Waals surface area contributed by atoms with Gasteiger partial charge in [0.05, 0.1) is 11.7 Å². The van der Waals surface area contributed by atoms with Gasteiger partial charge < -0.3 is 36.6 Å². The van der Waals surface area contributed by atoms with Crippen molar-refractivity contribution in [1.29, 1.82) is 0 Å². The van der Waals surface area contributed by atoms with E-state index in [0.717, 1.165) is 32.7 Å². The van der Waals surface area contributed by atoms with Gasteiger partial charge in [0.25, 0.3) is 11.8 Å². The fraction of sp³-hybridized carbons (Fsp3) is 0.450. The number of nitrogens with one attached hydrogen (secondary N) is 1. The molecule has 2 aromatic heterocycles. The average molecular weight is 635 g/mol. The number of rotatable bonds is 13. The van der Waals surface area contributed by atoms with Crippen molar-refractivity contribution in [2.24, 2.45) is 10.9 Å². The molecule has 41 heavy (non-hydrogen) atoms. The summed E-state index contributed by atoms with van der Waals surface area (Å²) in [6.45, 7) is 1.53. The largest absolute Gasteiger partial charge is 1.00 e. The van der Waals surface area contributed by atoms with E-state index < -0.39 is 47.8 Å². The number of oxime groups is 1. The second-order valence-electron chi connectivity index (χ2n) is 8.28. The summed E-state index contributed by atoms with van der Waals surface area (Å²) >= 11 is 3.34. The third-order valence-corrected chi connectivity index (χ3v) is 8.73. The number of hydrogen-bond acceptors (Lipinski definition) is 16. The second-order valence-corrected chi connectivity index (χ2v) is 11.2. The molecule has 0 aliphatic carbocycles. The fourth-order valence-corrected chi connectivity index (χ4v) is 6.59. The van der Waals surface area contributed by atoms with E-state index in [4.69, 9.17) is 21.4 Å². The normalized spacial score (nSPS) is 19.1. The van der Waals surface area contributed by atoms with Gasteiger partial charge in [-0.2, -0.15) is 0 Å². The predicted molar refractivity (Wildman–Crippen MR) is 141 cm³/mol. The number of hydrogen-bond donors (Lipinski definition) is 4. The SMILES string of the molecule is CCC(CN)ON=C(C(=O)NC1C(=O)N2C(C(=O)[O-])=C(CSc3nnnn3CC(=O)O)CS[C@@H]12)c1csc(N)n1.[Na+]. The molecule has 214 valence electrons. The number of nitrogens with two attached hydrogens (primary N) is 2. The Morgan fingerprint density at radius 1 is 1.41 bits per heavy atom. The summed E-state index contributed by atoms with van der Waals surface area (Å²) in [5, 5.41) is 39.5. The molecule has 0 bridgehead atoms. The Bertz CT molecular complexity index is 1380. The van der Waals surface area contributed by atoms with Crippen LogP contribution in [0.15, 0.2) is 27.0 Å². The van der Waals surface area contributed by atoms with Gasteiger partial charge in [-0.3, -0.25) is 19.3 Å².